The number of aliphatic hydroxyl groups is 1. The van der Waals surface area contributed by atoms with E-state index in [1.165, 1.54) is 6.08 Å². The highest BCUT2D eigenvalue weighted by Gasteiger charge is 1.96. The molecule has 0 aliphatic carbocycles. The van der Waals surface area contributed by atoms with E-state index >= 15 is 0 Å². The summed E-state index contributed by atoms with van der Waals surface area (Å²) < 4.78 is 0. The molecule has 0 aromatic carbocycles. The van der Waals surface area contributed by atoms with E-state index < -0.39 is 0 Å². The second kappa shape index (κ2) is 4.50. The van der Waals surface area contributed by atoms with Crippen LogP contribution in [0.3, 0.4) is 0 Å². The minimum atomic E-state index is -0.103. The van der Waals surface area contributed by atoms with Crippen molar-refractivity contribution in [1.82, 2.24) is 0 Å². The Morgan fingerprint density at radius 2 is 2.09 bits per heavy atom. The fourth-order valence-electron chi connectivity index (χ4n) is 0.587. The van der Waals surface area contributed by atoms with Gasteiger partial charge in [-0.3, -0.25) is 4.79 Å². The molecule has 0 heterocycles. The third kappa shape index (κ3) is 3.40. The van der Waals surface area contributed by atoms with Crippen LogP contribution >= 0.6 is 0 Å². The largest absolute Gasteiger partial charge is 0.509 e. The van der Waals surface area contributed by atoms with Gasteiger partial charge in [-0.05, 0) is 25.5 Å². The summed E-state index contributed by atoms with van der Waals surface area (Å²) in [6.45, 7) is 6.87. The van der Waals surface area contributed by atoms with Crippen LogP contribution in [0.25, 0.3) is 0 Å². The lowest BCUT2D eigenvalue weighted by Crippen LogP contribution is -1.87. The van der Waals surface area contributed by atoms with E-state index in [0.29, 0.717) is 11.9 Å². The number of carbonyl (C=O) groups excluding carboxylic acids is 1. The van der Waals surface area contributed by atoms with Crippen LogP contribution in [0, 0.1) is 0 Å². The predicted molar refractivity (Wildman–Crippen MR) is 45.3 cm³/mol. The van der Waals surface area contributed by atoms with Gasteiger partial charge in [-0.15, -0.1) is 0 Å². The van der Waals surface area contributed by atoms with Crippen molar-refractivity contribution in [2.45, 2.75) is 13.8 Å². The number of aliphatic hydroxyl groups excluding tert-OH is 1. The van der Waals surface area contributed by atoms with E-state index in [2.05, 4.69) is 6.58 Å². The molecule has 0 saturated carbocycles. The zero-order valence-electron chi connectivity index (χ0n) is 6.79. The Hall–Kier alpha value is -1.31. The summed E-state index contributed by atoms with van der Waals surface area (Å²) >= 11 is 0. The van der Waals surface area contributed by atoms with Gasteiger partial charge in [0.25, 0.3) is 0 Å². The van der Waals surface area contributed by atoms with Gasteiger partial charge in [0.1, 0.15) is 12.0 Å². The molecule has 0 saturated heterocycles. The quantitative estimate of drug-likeness (QED) is 0.291. The molecule has 1 N–H and O–H groups in total. The number of rotatable bonds is 3. The summed E-state index contributed by atoms with van der Waals surface area (Å²) in [7, 11) is 0. The molecule has 0 bridgehead atoms. The molecule has 0 atom stereocenters. The van der Waals surface area contributed by atoms with Crippen molar-refractivity contribution < 1.29 is 9.90 Å². The van der Waals surface area contributed by atoms with Crippen LogP contribution < -0.4 is 0 Å². The zero-order chi connectivity index (χ0) is 8.85. The summed E-state index contributed by atoms with van der Waals surface area (Å²) in [6, 6.07) is 0. The fourth-order valence-corrected chi connectivity index (χ4v) is 0.587. The third-order valence-corrected chi connectivity index (χ3v) is 1.34. The second-order valence-electron chi connectivity index (χ2n) is 2.18. The lowest BCUT2D eigenvalue weighted by molar-refractivity contribution is -0.104. The molecule has 0 aromatic rings. The van der Waals surface area contributed by atoms with E-state index in [4.69, 9.17) is 5.11 Å². The number of hydrogen-bond donors (Lipinski definition) is 1. The van der Waals surface area contributed by atoms with Crippen LogP contribution in [0.1, 0.15) is 13.8 Å². The molecular formula is C9H12O2. The smallest absolute Gasteiger partial charge is 0.150 e. The maximum Gasteiger partial charge on any atom is 0.150 e. The van der Waals surface area contributed by atoms with Crippen LogP contribution in [0.2, 0.25) is 0 Å². The highest BCUT2D eigenvalue weighted by molar-refractivity contribution is 5.80. The van der Waals surface area contributed by atoms with Gasteiger partial charge in [0.15, 0.2) is 0 Å². The van der Waals surface area contributed by atoms with Crippen molar-refractivity contribution in [2.24, 2.45) is 0 Å². The molecule has 0 spiro atoms. The van der Waals surface area contributed by atoms with Crippen molar-refractivity contribution in [2.75, 3.05) is 0 Å². The lowest BCUT2D eigenvalue weighted by Gasteiger charge is -1.96. The molecule has 0 aliphatic heterocycles. The van der Waals surface area contributed by atoms with Gasteiger partial charge < -0.3 is 5.11 Å². The summed E-state index contributed by atoms with van der Waals surface area (Å²) in [6.07, 6.45) is 3.82. The van der Waals surface area contributed by atoms with E-state index in [0.717, 1.165) is 5.57 Å². The highest BCUT2D eigenvalue weighted by Crippen LogP contribution is 2.07. The minimum Gasteiger partial charge on any atom is -0.509 e. The second-order valence-corrected chi connectivity index (χ2v) is 2.18. The molecule has 0 radical (unpaired) electrons. The standard InChI is InChI=1S/C9H12O2/c1-4-7(2)9(6-10)5-8(3)11/h4-6,11H,3H2,1-2H3/b7-4-,9-5-. The van der Waals surface area contributed by atoms with Gasteiger partial charge in [0.05, 0.1) is 0 Å². The van der Waals surface area contributed by atoms with Crippen LogP contribution in [0.15, 0.2) is 35.6 Å². The van der Waals surface area contributed by atoms with Crippen LogP contribution in [0.4, 0.5) is 0 Å². The first-order valence-corrected chi connectivity index (χ1v) is 3.29. The molecule has 0 rings (SSSR count). The number of aldehydes is 1. The first-order valence-electron chi connectivity index (χ1n) is 3.29. The van der Waals surface area contributed by atoms with Gasteiger partial charge in [-0.2, -0.15) is 0 Å². The van der Waals surface area contributed by atoms with Crippen molar-refractivity contribution >= 4 is 6.29 Å². The summed E-state index contributed by atoms with van der Waals surface area (Å²) in [5.41, 5.74) is 1.29. The molecular weight excluding hydrogens is 140 g/mol. The molecule has 2 nitrogen and oxygen atoms in total. The highest BCUT2D eigenvalue weighted by atomic mass is 16.3. The van der Waals surface area contributed by atoms with Crippen LogP contribution in [0.5, 0.6) is 0 Å². The Morgan fingerprint density at radius 3 is 2.36 bits per heavy atom. The lowest BCUT2D eigenvalue weighted by atomic mass is 10.1. The van der Waals surface area contributed by atoms with E-state index in [-0.39, 0.29) is 5.76 Å². The van der Waals surface area contributed by atoms with E-state index in [1.54, 1.807) is 13.0 Å². The average molecular weight is 152 g/mol. The molecule has 60 valence electrons. The Kier molecular flexibility index (Phi) is 3.96. The Bertz CT molecular complexity index is 222. The van der Waals surface area contributed by atoms with E-state index in [9.17, 15) is 4.79 Å². The molecule has 0 aliphatic rings. The van der Waals surface area contributed by atoms with Crippen LogP contribution in [-0.4, -0.2) is 11.4 Å². The summed E-state index contributed by atoms with van der Waals surface area (Å²) in [5, 5.41) is 8.74. The Morgan fingerprint density at radius 1 is 1.55 bits per heavy atom. The first kappa shape index (κ1) is 9.69. The van der Waals surface area contributed by atoms with Gasteiger partial charge >= 0.3 is 0 Å². The van der Waals surface area contributed by atoms with Crippen molar-refractivity contribution in [3.63, 3.8) is 0 Å². The minimum absolute atomic E-state index is 0.103. The van der Waals surface area contributed by atoms with Gasteiger partial charge in [0, 0.05) is 5.57 Å². The molecule has 0 fully saturated rings. The van der Waals surface area contributed by atoms with E-state index in [1.807, 2.05) is 6.92 Å². The first-order chi connectivity index (χ1) is 5.11. The third-order valence-electron chi connectivity index (χ3n) is 1.34. The summed E-state index contributed by atoms with van der Waals surface area (Å²) in [4.78, 5) is 10.4. The van der Waals surface area contributed by atoms with Gasteiger partial charge in [-0.25, -0.2) is 0 Å². The van der Waals surface area contributed by atoms with Crippen molar-refractivity contribution in [1.29, 1.82) is 0 Å². The average Bonchev–Trinajstić information content (AvgIpc) is 1.98. The summed E-state index contributed by atoms with van der Waals surface area (Å²) in [5.74, 6) is -0.103. The number of hydrogen-bond acceptors (Lipinski definition) is 2. The van der Waals surface area contributed by atoms with Crippen LogP contribution in [-0.2, 0) is 4.79 Å². The van der Waals surface area contributed by atoms with Gasteiger partial charge in [-0.1, -0.05) is 12.7 Å². The monoisotopic (exact) mass is 152 g/mol. The molecule has 0 aromatic heterocycles. The Balaban J connectivity index is 4.67. The van der Waals surface area contributed by atoms with Gasteiger partial charge in [0.2, 0.25) is 0 Å². The fraction of sp³-hybridized carbons (Fsp3) is 0.222. The number of allylic oxidation sites excluding steroid dienone is 4. The predicted octanol–water partition coefficient (Wildman–Crippen LogP) is 2.15. The molecule has 11 heavy (non-hydrogen) atoms. The topological polar surface area (TPSA) is 37.3 Å². The molecule has 0 unspecified atom stereocenters. The SMILES string of the molecule is C=C(O)/C=C(C=O)\C(C)=C/C. The zero-order valence-corrected chi connectivity index (χ0v) is 6.79. The molecule has 0 amide bonds. The Labute approximate surface area is 66.5 Å². The maximum atomic E-state index is 10.4. The van der Waals surface area contributed by atoms with Crippen molar-refractivity contribution in [3.8, 4) is 0 Å². The molecule has 2 heteroatoms. The maximum absolute atomic E-state index is 10.4. The van der Waals surface area contributed by atoms with Crippen molar-refractivity contribution in [3.05, 3.63) is 35.6 Å². The number of carbonyl (C=O) groups is 1. The normalized spacial score (nSPS) is 12.9.